The predicted octanol–water partition coefficient (Wildman–Crippen LogP) is 1.22. The average Bonchev–Trinajstić information content (AvgIpc) is 2.54. The molecule has 0 aromatic rings. The molecule has 0 aliphatic carbocycles. The number of esters is 2. The maximum atomic E-state index is 13.0. The molecule has 146 valence electrons. The van der Waals surface area contributed by atoms with E-state index in [1.165, 1.54) is 6.92 Å². The zero-order chi connectivity index (χ0) is 19.5. The lowest BCUT2D eigenvalue weighted by molar-refractivity contribution is -0.156. The Balaban J connectivity index is 4.03. The summed E-state index contributed by atoms with van der Waals surface area (Å²) in [6, 6.07) is 0. The fourth-order valence-corrected chi connectivity index (χ4v) is 1.63. The molecule has 1 amide bonds. The van der Waals surface area contributed by atoms with Crippen molar-refractivity contribution in [3.8, 4) is 0 Å². The van der Waals surface area contributed by atoms with E-state index in [2.05, 4.69) is 10.1 Å². The van der Waals surface area contributed by atoms with Gasteiger partial charge in [0.1, 0.15) is 13.2 Å². The van der Waals surface area contributed by atoms with Crippen molar-refractivity contribution in [1.82, 2.24) is 5.32 Å². The predicted molar refractivity (Wildman–Crippen MR) is 83.9 cm³/mol. The molecule has 0 saturated carbocycles. The molecule has 0 radical (unpaired) electrons. The molecule has 0 fully saturated rings. The van der Waals surface area contributed by atoms with Gasteiger partial charge in [-0.2, -0.15) is 0 Å². The quantitative estimate of drug-likeness (QED) is 0.320. The van der Waals surface area contributed by atoms with Gasteiger partial charge >= 0.3 is 18.0 Å². The minimum absolute atomic E-state index is 0.0182. The fraction of sp³-hybridized carbons (Fsp3) is 0.800. The van der Waals surface area contributed by atoms with Crippen LogP contribution in [0.3, 0.4) is 0 Å². The van der Waals surface area contributed by atoms with Crippen LogP contribution in [0.25, 0.3) is 0 Å². The molecular weight excluding hydrogens is 342 g/mol. The number of carbonyl (C=O) groups is 3. The summed E-state index contributed by atoms with van der Waals surface area (Å²) in [5.74, 6) is -1.87. The van der Waals surface area contributed by atoms with Crippen molar-refractivity contribution in [3.63, 3.8) is 0 Å². The zero-order valence-electron chi connectivity index (χ0n) is 14.7. The molecule has 25 heavy (non-hydrogen) atoms. The Labute approximate surface area is 145 Å². The third-order valence-electron chi connectivity index (χ3n) is 3.11. The standard InChI is InChI=1S/C15H26F2N2O6/c1-4-23-13(21)15(18,12(16)17)6-5-7-19-14(22)25-9-8-24-11(20)10(2)3/h10,12H,4-9,18H2,1-3H3,(H,19,22). The third-order valence-corrected chi connectivity index (χ3v) is 3.11. The van der Waals surface area contributed by atoms with Gasteiger partial charge in [-0.05, 0) is 19.8 Å². The van der Waals surface area contributed by atoms with Gasteiger partial charge < -0.3 is 25.3 Å². The normalized spacial score (nSPS) is 13.3. The van der Waals surface area contributed by atoms with Crippen molar-refractivity contribution < 1.29 is 37.4 Å². The van der Waals surface area contributed by atoms with E-state index in [9.17, 15) is 23.2 Å². The van der Waals surface area contributed by atoms with Crippen molar-refractivity contribution in [2.24, 2.45) is 11.7 Å². The van der Waals surface area contributed by atoms with E-state index in [4.69, 9.17) is 15.2 Å². The molecule has 0 aliphatic heterocycles. The summed E-state index contributed by atoms with van der Waals surface area (Å²) in [5.41, 5.74) is 3.01. The van der Waals surface area contributed by atoms with Gasteiger partial charge in [0.05, 0.1) is 12.5 Å². The van der Waals surface area contributed by atoms with Crippen LogP contribution in [0.15, 0.2) is 0 Å². The van der Waals surface area contributed by atoms with Gasteiger partial charge in [-0.25, -0.2) is 18.4 Å². The first-order chi connectivity index (χ1) is 11.6. The summed E-state index contributed by atoms with van der Waals surface area (Å²) in [6.45, 7) is 4.54. The van der Waals surface area contributed by atoms with Crippen LogP contribution in [0, 0.1) is 5.92 Å². The summed E-state index contributed by atoms with van der Waals surface area (Å²) < 4.78 is 40.1. The van der Waals surface area contributed by atoms with Crippen molar-refractivity contribution in [1.29, 1.82) is 0 Å². The number of nitrogens with two attached hydrogens (primary N) is 1. The monoisotopic (exact) mass is 368 g/mol. The average molecular weight is 368 g/mol. The highest BCUT2D eigenvalue weighted by molar-refractivity contribution is 5.81. The first kappa shape index (κ1) is 23.0. The molecule has 0 saturated heterocycles. The van der Waals surface area contributed by atoms with Crippen molar-refractivity contribution in [2.75, 3.05) is 26.4 Å². The number of hydrogen-bond acceptors (Lipinski definition) is 7. The maximum absolute atomic E-state index is 13.0. The van der Waals surface area contributed by atoms with E-state index in [0.717, 1.165) is 0 Å². The molecule has 3 N–H and O–H groups in total. The molecule has 0 aliphatic rings. The van der Waals surface area contributed by atoms with Crippen LogP contribution >= 0.6 is 0 Å². The SMILES string of the molecule is CCOC(=O)C(N)(CCCNC(=O)OCCOC(=O)C(C)C)C(F)F. The largest absolute Gasteiger partial charge is 0.464 e. The number of alkyl carbamates (subject to hydrolysis) is 1. The minimum Gasteiger partial charge on any atom is -0.464 e. The van der Waals surface area contributed by atoms with Crippen LogP contribution in [-0.4, -0.2) is 56.4 Å². The topological polar surface area (TPSA) is 117 Å². The Bertz CT molecular complexity index is 448. The summed E-state index contributed by atoms with van der Waals surface area (Å²) in [7, 11) is 0. The van der Waals surface area contributed by atoms with E-state index in [1.54, 1.807) is 13.8 Å². The third kappa shape index (κ3) is 8.62. The molecule has 0 aromatic heterocycles. The Hall–Kier alpha value is -1.97. The lowest BCUT2D eigenvalue weighted by Crippen LogP contribution is -2.55. The number of nitrogens with one attached hydrogen (secondary N) is 1. The van der Waals surface area contributed by atoms with Gasteiger partial charge in [0.15, 0.2) is 5.54 Å². The second kappa shape index (κ2) is 11.6. The maximum Gasteiger partial charge on any atom is 0.407 e. The molecule has 0 bridgehead atoms. The second-order valence-electron chi connectivity index (χ2n) is 5.55. The van der Waals surface area contributed by atoms with E-state index >= 15 is 0 Å². The highest BCUT2D eigenvalue weighted by atomic mass is 19.3. The second-order valence-corrected chi connectivity index (χ2v) is 5.55. The molecule has 0 spiro atoms. The van der Waals surface area contributed by atoms with Crippen LogP contribution in [0.1, 0.15) is 33.6 Å². The number of halogens is 2. The number of alkyl halides is 2. The Morgan fingerprint density at radius 1 is 1.12 bits per heavy atom. The minimum atomic E-state index is -3.09. The molecule has 0 aromatic carbocycles. The Kier molecular flexibility index (Phi) is 10.7. The molecule has 0 heterocycles. The van der Waals surface area contributed by atoms with Crippen molar-refractivity contribution in [3.05, 3.63) is 0 Å². The number of rotatable bonds is 11. The van der Waals surface area contributed by atoms with Crippen LogP contribution in [0.5, 0.6) is 0 Å². The van der Waals surface area contributed by atoms with Crippen LogP contribution in [-0.2, 0) is 23.8 Å². The van der Waals surface area contributed by atoms with Gasteiger partial charge in [0.25, 0.3) is 6.43 Å². The molecule has 1 unspecified atom stereocenters. The molecular formula is C15H26F2N2O6. The van der Waals surface area contributed by atoms with Crippen molar-refractivity contribution >= 4 is 18.0 Å². The number of carbonyl (C=O) groups excluding carboxylic acids is 3. The van der Waals surface area contributed by atoms with Gasteiger partial charge in [-0.15, -0.1) is 0 Å². The van der Waals surface area contributed by atoms with E-state index in [-0.39, 0.29) is 45.1 Å². The number of ether oxygens (including phenoxy) is 3. The molecule has 0 rings (SSSR count). The zero-order valence-corrected chi connectivity index (χ0v) is 14.7. The number of hydrogen-bond donors (Lipinski definition) is 2. The molecule has 8 nitrogen and oxygen atoms in total. The summed E-state index contributed by atoms with van der Waals surface area (Å²) in [4.78, 5) is 34.1. The van der Waals surface area contributed by atoms with Crippen molar-refractivity contribution in [2.45, 2.75) is 45.6 Å². The van der Waals surface area contributed by atoms with Crippen LogP contribution in [0.2, 0.25) is 0 Å². The summed E-state index contributed by atoms with van der Waals surface area (Å²) >= 11 is 0. The fourth-order valence-electron chi connectivity index (χ4n) is 1.63. The lowest BCUT2D eigenvalue weighted by Gasteiger charge is -2.25. The summed E-state index contributed by atoms with van der Waals surface area (Å²) in [5, 5.41) is 2.32. The Morgan fingerprint density at radius 2 is 1.72 bits per heavy atom. The number of amides is 1. The van der Waals surface area contributed by atoms with E-state index < -0.39 is 30.0 Å². The van der Waals surface area contributed by atoms with Crippen LogP contribution < -0.4 is 11.1 Å². The van der Waals surface area contributed by atoms with E-state index in [0.29, 0.717) is 0 Å². The highest BCUT2D eigenvalue weighted by Crippen LogP contribution is 2.20. The van der Waals surface area contributed by atoms with Gasteiger partial charge in [-0.3, -0.25) is 4.79 Å². The van der Waals surface area contributed by atoms with Gasteiger partial charge in [0.2, 0.25) is 0 Å². The van der Waals surface area contributed by atoms with E-state index in [1.807, 2.05) is 0 Å². The summed E-state index contributed by atoms with van der Waals surface area (Å²) in [6.07, 6.45) is -4.22. The Morgan fingerprint density at radius 3 is 2.24 bits per heavy atom. The van der Waals surface area contributed by atoms with Crippen LogP contribution in [0.4, 0.5) is 13.6 Å². The first-order valence-corrected chi connectivity index (χ1v) is 7.96. The van der Waals surface area contributed by atoms with Gasteiger partial charge in [-0.1, -0.05) is 13.8 Å². The highest BCUT2D eigenvalue weighted by Gasteiger charge is 2.44. The molecule has 1 atom stereocenters. The molecule has 10 heteroatoms. The smallest absolute Gasteiger partial charge is 0.407 e. The van der Waals surface area contributed by atoms with Gasteiger partial charge in [0, 0.05) is 6.54 Å². The first-order valence-electron chi connectivity index (χ1n) is 7.96. The lowest BCUT2D eigenvalue weighted by atomic mass is 9.95.